The summed E-state index contributed by atoms with van der Waals surface area (Å²) in [6, 6.07) is 9.28. The number of aromatic nitrogens is 3. The fourth-order valence-corrected chi connectivity index (χ4v) is 4.59. The molecule has 0 fully saturated rings. The number of ether oxygens (including phenoxy) is 1. The third-order valence-electron chi connectivity index (χ3n) is 5.15. The van der Waals surface area contributed by atoms with Crippen molar-refractivity contribution >= 4 is 11.8 Å². The van der Waals surface area contributed by atoms with Gasteiger partial charge in [0, 0.05) is 23.5 Å². The van der Waals surface area contributed by atoms with E-state index in [2.05, 4.69) is 14.8 Å². The van der Waals surface area contributed by atoms with Crippen molar-refractivity contribution in [3.63, 3.8) is 0 Å². The molecule has 2 aromatic carbocycles. The van der Waals surface area contributed by atoms with E-state index >= 15 is 0 Å². The first-order valence-electron chi connectivity index (χ1n) is 9.25. The van der Waals surface area contributed by atoms with Crippen LogP contribution in [0.5, 0.6) is 5.75 Å². The van der Waals surface area contributed by atoms with Crippen molar-refractivity contribution in [3.05, 3.63) is 53.9 Å². The van der Waals surface area contributed by atoms with E-state index in [0.717, 1.165) is 29.8 Å². The molecule has 1 atom stereocenters. The monoisotopic (exact) mass is 417 g/mol. The summed E-state index contributed by atoms with van der Waals surface area (Å²) in [5, 5.41) is 18.5. The van der Waals surface area contributed by atoms with Crippen LogP contribution in [-0.2, 0) is 13.0 Å². The number of fused-ring (bicyclic) bond motifs is 1. The summed E-state index contributed by atoms with van der Waals surface area (Å²) in [4.78, 5) is 0. The van der Waals surface area contributed by atoms with Crippen LogP contribution in [-0.4, -0.2) is 44.1 Å². The number of benzene rings is 2. The summed E-state index contributed by atoms with van der Waals surface area (Å²) in [5.41, 5.74) is 2.04. The van der Waals surface area contributed by atoms with Crippen LogP contribution in [0, 0.1) is 11.6 Å². The average molecular weight is 417 g/mol. The average Bonchev–Trinajstić information content (AvgIpc) is 3.02. The Labute approximate surface area is 171 Å². The van der Waals surface area contributed by atoms with E-state index in [-0.39, 0.29) is 11.4 Å². The van der Waals surface area contributed by atoms with Crippen LogP contribution >= 0.6 is 11.8 Å². The second kappa shape index (κ2) is 7.76. The van der Waals surface area contributed by atoms with E-state index in [0.29, 0.717) is 29.1 Å². The van der Waals surface area contributed by atoms with E-state index in [1.165, 1.54) is 12.1 Å². The predicted molar refractivity (Wildman–Crippen MR) is 109 cm³/mol. The Bertz CT molecular complexity index is 1060. The number of halogens is 2. The molecule has 4 rings (SSSR count). The number of hydrogen-bond donors (Lipinski definition) is 1. The lowest BCUT2D eigenvalue weighted by atomic mass is 10.0. The smallest absolute Gasteiger partial charge is 0.167 e. The normalized spacial score (nSPS) is 18.9. The fraction of sp³-hybridized carbons (Fsp3) is 0.333. The zero-order valence-electron chi connectivity index (χ0n) is 16.2. The molecule has 5 nitrogen and oxygen atoms in total. The molecule has 0 radical (unpaired) electrons. The quantitative estimate of drug-likeness (QED) is 0.697. The molecule has 0 saturated carbocycles. The van der Waals surface area contributed by atoms with Gasteiger partial charge in [-0.2, -0.15) is 11.8 Å². The standard InChI is InChI=1S/C21H21F2N3O2S/c1-21(12-27)11-19-24-25-20(26(19)7-8-29-21)15-5-3-14(10-18(15)28-2)13-4-6-16(22)17(23)9-13/h3-6,9-10,27H,7-8,11-12H2,1-2H3. The van der Waals surface area contributed by atoms with Crippen LogP contribution in [0.1, 0.15) is 12.7 Å². The van der Waals surface area contributed by atoms with Crippen molar-refractivity contribution in [3.8, 4) is 28.3 Å². The van der Waals surface area contributed by atoms with Gasteiger partial charge in [-0.15, -0.1) is 10.2 Å². The first kappa shape index (κ1) is 19.8. The largest absolute Gasteiger partial charge is 0.496 e. The molecule has 0 amide bonds. The zero-order chi connectivity index (χ0) is 20.6. The maximum Gasteiger partial charge on any atom is 0.167 e. The van der Waals surface area contributed by atoms with Gasteiger partial charge < -0.3 is 14.4 Å². The summed E-state index contributed by atoms with van der Waals surface area (Å²) in [7, 11) is 1.56. The molecule has 1 aromatic heterocycles. The van der Waals surface area contributed by atoms with Gasteiger partial charge in [0.2, 0.25) is 0 Å². The molecule has 2 heterocycles. The fourth-order valence-electron chi connectivity index (χ4n) is 3.50. The van der Waals surface area contributed by atoms with Gasteiger partial charge in [-0.25, -0.2) is 8.78 Å². The lowest BCUT2D eigenvalue weighted by molar-refractivity contribution is 0.254. The number of aliphatic hydroxyl groups is 1. The topological polar surface area (TPSA) is 60.2 Å². The Kier molecular flexibility index (Phi) is 5.31. The van der Waals surface area contributed by atoms with Crippen LogP contribution in [0.15, 0.2) is 36.4 Å². The first-order valence-corrected chi connectivity index (χ1v) is 10.2. The van der Waals surface area contributed by atoms with Crippen LogP contribution < -0.4 is 4.74 Å². The molecular formula is C21H21F2N3O2S. The Morgan fingerprint density at radius 2 is 1.90 bits per heavy atom. The van der Waals surface area contributed by atoms with Crippen molar-refractivity contribution < 1.29 is 18.6 Å². The number of nitrogens with zero attached hydrogens (tertiary/aromatic N) is 3. The number of rotatable bonds is 4. The number of thioether (sulfide) groups is 1. The van der Waals surface area contributed by atoms with Gasteiger partial charge in [0.15, 0.2) is 17.5 Å². The predicted octanol–water partition coefficient (Wildman–Crippen LogP) is 3.94. The molecule has 0 bridgehead atoms. The first-order chi connectivity index (χ1) is 13.9. The second-order valence-electron chi connectivity index (χ2n) is 7.27. The van der Waals surface area contributed by atoms with Crippen molar-refractivity contribution in [2.24, 2.45) is 0 Å². The van der Waals surface area contributed by atoms with Crippen molar-refractivity contribution in [2.75, 3.05) is 19.5 Å². The Morgan fingerprint density at radius 1 is 1.14 bits per heavy atom. The number of methoxy groups -OCH3 is 1. The molecule has 0 spiro atoms. The van der Waals surface area contributed by atoms with Crippen LogP contribution in [0.25, 0.3) is 22.5 Å². The molecule has 1 aliphatic rings. The van der Waals surface area contributed by atoms with Gasteiger partial charge in [0.05, 0.1) is 19.3 Å². The third kappa shape index (κ3) is 3.74. The van der Waals surface area contributed by atoms with Crippen molar-refractivity contribution in [2.45, 2.75) is 24.6 Å². The highest BCUT2D eigenvalue weighted by Crippen LogP contribution is 2.37. The van der Waals surface area contributed by atoms with Crippen molar-refractivity contribution in [1.29, 1.82) is 0 Å². The van der Waals surface area contributed by atoms with E-state index in [1.807, 2.05) is 19.1 Å². The molecule has 1 aliphatic heterocycles. The van der Waals surface area contributed by atoms with Gasteiger partial charge in [-0.05, 0) is 42.3 Å². The Morgan fingerprint density at radius 3 is 2.62 bits per heavy atom. The van der Waals surface area contributed by atoms with Gasteiger partial charge in [-0.1, -0.05) is 12.1 Å². The molecule has 1 unspecified atom stereocenters. The number of hydrogen-bond acceptors (Lipinski definition) is 5. The summed E-state index contributed by atoms with van der Waals surface area (Å²) >= 11 is 1.73. The molecule has 29 heavy (non-hydrogen) atoms. The van der Waals surface area contributed by atoms with E-state index in [9.17, 15) is 13.9 Å². The highest BCUT2D eigenvalue weighted by Gasteiger charge is 2.31. The van der Waals surface area contributed by atoms with E-state index in [1.54, 1.807) is 24.9 Å². The van der Waals surface area contributed by atoms with Gasteiger partial charge in [0.25, 0.3) is 0 Å². The number of aliphatic hydroxyl groups excluding tert-OH is 1. The minimum Gasteiger partial charge on any atom is -0.496 e. The third-order valence-corrected chi connectivity index (χ3v) is 6.51. The molecule has 1 N–H and O–H groups in total. The Hall–Kier alpha value is -2.45. The lowest BCUT2D eigenvalue weighted by Crippen LogP contribution is -2.28. The van der Waals surface area contributed by atoms with Gasteiger partial charge >= 0.3 is 0 Å². The molecular weight excluding hydrogens is 396 g/mol. The molecule has 0 aliphatic carbocycles. The van der Waals surface area contributed by atoms with Crippen molar-refractivity contribution in [1.82, 2.24) is 14.8 Å². The van der Waals surface area contributed by atoms with Crippen LogP contribution in [0.4, 0.5) is 8.78 Å². The van der Waals surface area contributed by atoms with Crippen LogP contribution in [0.2, 0.25) is 0 Å². The highest BCUT2D eigenvalue weighted by molar-refractivity contribution is 8.00. The zero-order valence-corrected chi connectivity index (χ0v) is 17.0. The van der Waals surface area contributed by atoms with Gasteiger partial charge in [-0.3, -0.25) is 0 Å². The molecule has 3 aromatic rings. The van der Waals surface area contributed by atoms with E-state index in [4.69, 9.17) is 4.74 Å². The highest BCUT2D eigenvalue weighted by atomic mass is 32.2. The minimum absolute atomic E-state index is 0.0755. The maximum atomic E-state index is 13.6. The van der Waals surface area contributed by atoms with E-state index < -0.39 is 11.6 Å². The minimum atomic E-state index is -0.891. The second-order valence-corrected chi connectivity index (χ2v) is 8.95. The lowest BCUT2D eigenvalue weighted by Gasteiger charge is -2.23. The summed E-state index contributed by atoms with van der Waals surface area (Å²) < 4.78 is 34.2. The summed E-state index contributed by atoms with van der Waals surface area (Å²) in [5.74, 6) is 1.16. The summed E-state index contributed by atoms with van der Waals surface area (Å²) in [6.07, 6.45) is 0.621. The Balaban J connectivity index is 1.74. The van der Waals surface area contributed by atoms with Crippen LogP contribution in [0.3, 0.4) is 0 Å². The SMILES string of the molecule is COc1cc(-c2ccc(F)c(F)c2)ccc1-c1nnc2n1CCSC(C)(CO)C2. The maximum absolute atomic E-state index is 13.6. The molecule has 0 saturated heterocycles. The molecule has 8 heteroatoms. The summed E-state index contributed by atoms with van der Waals surface area (Å²) in [6.45, 7) is 2.83. The van der Waals surface area contributed by atoms with Gasteiger partial charge in [0.1, 0.15) is 11.6 Å². The molecule has 152 valence electrons.